The molecule has 0 aromatic heterocycles. The predicted octanol–water partition coefficient (Wildman–Crippen LogP) is 3.17. The lowest BCUT2D eigenvalue weighted by Crippen LogP contribution is -2.30. The molecule has 1 aromatic rings. The third kappa shape index (κ3) is 3.70. The molecule has 0 radical (unpaired) electrons. The summed E-state index contributed by atoms with van der Waals surface area (Å²) in [5.74, 6) is 8.65. The van der Waals surface area contributed by atoms with Crippen molar-refractivity contribution in [2.45, 2.75) is 32.2 Å². The van der Waals surface area contributed by atoms with Gasteiger partial charge in [0.25, 0.3) is 0 Å². The van der Waals surface area contributed by atoms with E-state index >= 15 is 0 Å². The molecule has 0 aliphatic carbocycles. The molecule has 0 amide bonds. The lowest BCUT2D eigenvalue weighted by Gasteiger charge is -2.26. The normalized spacial score (nSPS) is 18.8. The molecule has 0 bridgehead atoms. The van der Waals surface area contributed by atoms with Crippen molar-refractivity contribution in [3.63, 3.8) is 0 Å². The Morgan fingerprint density at radius 1 is 1.39 bits per heavy atom. The van der Waals surface area contributed by atoms with Gasteiger partial charge in [-0.2, -0.15) is 11.8 Å². The zero-order valence-electron chi connectivity index (χ0n) is 10.8. The molecule has 0 saturated carbocycles. The van der Waals surface area contributed by atoms with Crippen molar-refractivity contribution in [2.75, 3.05) is 11.5 Å². The second kappa shape index (κ2) is 6.55. The fourth-order valence-corrected chi connectivity index (χ4v) is 3.79. The van der Waals surface area contributed by atoms with Crippen LogP contribution in [0.25, 0.3) is 0 Å². The molecule has 3 N–H and O–H groups in total. The van der Waals surface area contributed by atoms with Crippen LogP contribution in [0.4, 0.5) is 4.39 Å². The van der Waals surface area contributed by atoms with Crippen LogP contribution in [-0.2, 0) is 0 Å². The summed E-state index contributed by atoms with van der Waals surface area (Å²) in [6, 6.07) is 5.22. The third-order valence-electron chi connectivity index (χ3n) is 3.58. The zero-order valence-corrected chi connectivity index (χ0v) is 11.6. The van der Waals surface area contributed by atoms with Crippen LogP contribution in [0.5, 0.6) is 0 Å². The smallest absolute Gasteiger partial charge is 0.123 e. The van der Waals surface area contributed by atoms with Crippen molar-refractivity contribution >= 4 is 11.8 Å². The molecule has 1 aliphatic rings. The fraction of sp³-hybridized carbons (Fsp3) is 0.571. The summed E-state index contributed by atoms with van der Waals surface area (Å²) in [6.07, 6.45) is 3.49. The molecule has 1 aliphatic heterocycles. The van der Waals surface area contributed by atoms with E-state index in [9.17, 15) is 4.39 Å². The number of halogens is 1. The highest BCUT2D eigenvalue weighted by atomic mass is 32.2. The SMILES string of the molecule is Cc1cc(F)cc(C(CC2CCSCC2)NN)c1. The van der Waals surface area contributed by atoms with Crippen molar-refractivity contribution < 1.29 is 4.39 Å². The van der Waals surface area contributed by atoms with Gasteiger partial charge in [0.05, 0.1) is 0 Å². The number of rotatable bonds is 4. The summed E-state index contributed by atoms with van der Waals surface area (Å²) in [7, 11) is 0. The van der Waals surface area contributed by atoms with Crippen LogP contribution in [0, 0.1) is 18.7 Å². The maximum absolute atomic E-state index is 13.4. The highest BCUT2D eigenvalue weighted by molar-refractivity contribution is 7.99. The molecule has 1 aromatic carbocycles. The fourth-order valence-electron chi connectivity index (χ4n) is 2.58. The van der Waals surface area contributed by atoms with Crippen LogP contribution in [0.3, 0.4) is 0 Å². The zero-order chi connectivity index (χ0) is 13.0. The Balaban J connectivity index is 2.06. The molecule has 100 valence electrons. The molecule has 1 fully saturated rings. The molecule has 0 spiro atoms. The van der Waals surface area contributed by atoms with E-state index in [-0.39, 0.29) is 11.9 Å². The summed E-state index contributed by atoms with van der Waals surface area (Å²) in [5.41, 5.74) is 4.76. The summed E-state index contributed by atoms with van der Waals surface area (Å²) in [5, 5.41) is 0. The maximum Gasteiger partial charge on any atom is 0.123 e. The number of nitrogens with two attached hydrogens (primary N) is 1. The summed E-state index contributed by atoms with van der Waals surface area (Å²) in [4.78, 5) is 0. The van der Waals surface area contributed by atoms with E-state index in [2.05, 4.69) is 5.43 Å². The summed E-state index contributed by atoms with van der Waals surface area (Å²) < 4.78 is 13.4. The van der Waals surface area contributed by atoms with Crippen LogP contribution >= 0.6 is 11.8 Å². The Morgan fingerprint density at radius 2 is 2.11 bits per heavy atom. The maximum atomic E-state index is 13.4. The lowest BCUT2D eigenvalue weighted by molar-refractivity contribution is 0.373. The highest BCUT2D eigenvalue weighted by Gasteiger charge is 2.20. The number of nitrogens with one attached hydrogen (secondary N) is 1. The van der Waals surface area contributed by atoms with E-state index in [0.29, 0.717) is 5.92 Å². The summed E-state index contributed by atoms with van der Waals surface area (Å²) >= 11 is 2.02. The van der Waals surface area contributed by atoms with Gasteiger partial charge in [0, 0.05) is 6.04 Å². The Kier molecular flexibility index (Phi) is 5.03. The van der Waals surface area contributed by atoms with Gasteiger partial charge in [-0.25, -0.2) is 4.39 Å². The molecular weight excluding hydrogens is 247 g/mol. The molecule has 4 heteroatoms. The van der Waals surface area contributed by atoms with E-state index in [1.165, 1.54) is 24.3 Å². The minimum absolute atomic E-state index is 0.0625. The second-order valence-electron chi connectivity index (χ2n) is 5.07. The van der Waals surface area contributed by atoms with E-state index in [4.69, 9.17) is 5.84 Å². The number of thioether (sulfide) groups is 1. The first-order chi connectivity index (χ1) is 8.69. The van der Waals surface area contributed by atoms with Gasteiger partial charge in [-0.1, -0.05) is 6.07 Å². The largest absolute Gasteiger partial charge is 0.271 e. The number of hydrazine groups is 1. The van der Waals surface area contributed by atoms with Gasteiger partial charge in [0.15, 0.2) is 0 Å². The predicted molar refractivity (Wildman–Crippen MR) is 75.9 cm³/mol. The van der Waals surface area contributed by atoms with E-state index in [1.807, 2.05) is 24.8 Å². The Labute approximate surface area is 112 Å². The van der Waals surface area contributed by atoms with Gasteiger partial charge in [-0.15, -0.1) is 0 Å². The second-order valence-corrected chi connectivity index (χ2v) is 6.30. The van der Waals surface area contributed by atoms with E-state index < -0.39 is 0 Å². The van der Waals surface area contributed by atoms with Gasteiger partial charge < -0.3 is 0 Å². The molecule has 1 heterocycles. The van der Waals surface area contributed by atoms with Crippen LogP contribution < -0.4 is 11.3 Å². The topological polar surface area (TPSA) is 38.0 Å². The van der Waals surface area contributed by atoms with Gasteiger partial charge in [-0.3, -0.25) is 11.3 Å². The van der Waals surface area contributed by atoms with Crippen LogP contribution in [-0.4, -0.2) is 11.5 Å². The van der Waals surface area contributed by atoms with Gasteiger partial charge in [-0.05, 0) is 66.9 Å². The van der Waals surface area contributed by atoms with E-state index in [1.54, 1.807) is 12.1 Å². The Bertz CT molecular complexity index is 371. The highest BCUT2D eigenvalue weighted by Crippen LogP contribution is 2.31. The van der Waals surface area contributed by atoms with Gasteiger partial charge in [0.1, 0.15) is 5.82 Å². The number of benzene rings is 1. The van der Waals surface area contributed by atoms with Crippen LogP contribution in [0.1, 0.15) is 36.4 Å². The van der Waals surface area contributed by atoms with Crippen LogP contribution in [0.15, 0.2) is 18.2 Å². The minimum Gasteiger partial charge on any atom is -0.271 e. The van der Waals surface area contributed by atoms with Crippen molar-refractivity contribution in [1.29, 1.82) is 0 Å². The lowest BCUT2D eigenvalue weighted by atomic mass is 9.90. The molecule has 2 nitrogen and oxygen atoms in total. The van der Waals surface area contributed by atoms with E-state index in [0.717, 1.165) is 17.5 Å². The Hall–Kier alpha value is -0.580. The first-order valence-electron chi connectivity index (χ1n) is 6.50. The van der Waals surface area contributed by atoms with Crippen molar-refractivity contribution in [2.24, 2.45) is 11.8 Å². The third-order valence-corrected chi connectivity index (χ3v) is 4.63. The monoisotopic (exact) mass is 268 g/mol. The molecular formula is C14H21FN2S. The van der Waals surface area contributed by atoms with Crippen molar-refractivity contribution in [1.82, 2.24) is 5.43 Å². The first kappa shape index (κ1) is 13.8. The van der Waals surface area contributed by atoms with Crippen molar-refractivity contribution in [3.05, 3.63) is 35.1 Å². The van der Waals surface area contributed by atoms with Gasteiger partial charge in [0.2, 0.25) is 0 Å². The number of aryl methyl sites for hydroxylation is 1. The van der Waals surface area contributed by atoms with Crippen molar-refractivity contribution in [3.8, 4) is 0 Å². The minimum atomic E-state index is -0.176. The number of hydrogen-bond acceptors (Lipinski definition) is 3. The average molecular weight is 268 g/mol. The first-order valence-corrected chi connectivity index (χ1v) is 7.65. The molecule has 1 unspecified atom stereocenters. The average Bonchev–Trinajstić information content (AvgIpc) is 2.36. The molecule has 18 heavy (non-hydrogen) atoms. The standard InChI is InChI=1S/C14H21FN2S/c1-10-6-12(9-13(15)7-10)14(17-16)8-11-2-4-18-5-3-11/h6-7,9,11,14,17H,2-5,8,16H2,1H3. The quantitative estimate of drug-likeness (QED) is 0.650. The molecule has 1 atom stereocenters. The number of hydrogen-bond donors (Lipinski definition) is 2. The molecule has 1 saturated heterocycles. The van der Waals surface area contributed by atoms with Gasteiger partial charge >= 0.3 is 0 Å². The Morgan fingerprint density at radius 3 is 2.72 bits per heavy atom. The van der Waals surface area contributed by atoms with Crippen LogP contribution in [0.2, 0.25) is 0 Å². The molecule has 2 rings (SSSR count). The summed E-state index contributed by atoms with van der Waals surface area (Å²) in [6.45, 7) is 1.91.